The van der Waals surface area contributed by atoms with Crippen molar-refractivity contribution in [1.29, 1.82) is 0 Å². The molecule has 260 valence electrons. The molecule has 5 heterocycles. The van der Waals surface area contributed by atoms with E-state index in [0.717, 1.165) is 105 Å². The van der Waals surface area contributed by atoms with Crippen molar-refractivity contribution in [1.82, 2.24) is 29.2 Å². The minimum absolute atomic E-state index is 0.201. The number of aromatic nitrogens is 2. The first-order chi connectivity index (χ1) is 23.7. The van der Waals surface area contributed by atoms with Crippen molar-refractivity contribution in [2.24, 2.45) is 0 Å². The van der Waals surface area contributed by atoms with Crippen molar-refractivity contribution < 1.29 is 17.9 Å². The number of nitrogens with one attached hydrogen (secondary N) is 1. The Labute approximate surface area is 294 Å². The lowest BCUT2D eigenvalue weighted by Crippen LogP contribution is -2.50. The molecule has 2 fully saturated rings. The highest BCUT2D eigenvalue weighted by atomic mass is 35.5. The lowest BCUT2D eigenvalue weighted by atomic mass is 9.93. The summed E-state index contributed by atoms with van der Waals surface area (Å²) in [6, 6.07) is 11.8. The predicted molar refractivity (Wildman–Crippen MR) is 191 cm³/mol. The van der Waals surface area contributed by atoms with E-state index in [0.29, 0.717) is 43.1 Å². The molecule has 3 aromatic rings. The predicted octanol–water partition coefficient (Wildman–Crippen LogP) is 3.67. The van der Waals surface area contributed by atoms with Crippen LogP contribution in [0.3, 0.4) is 0 Å². The summed E-state index contributed by atoms with van der Waals surface area (Å²) in [5.74, 6) is 6.81. The number of halogens is 1. The van der Waals surface area contributed by atoms with Crippen LogP contribution in [-0.2, 0) is 52.0 Å². The fraction of sp³-hybridized carbons (Fsp3) is 0.514. The van der Waals surface area contributed by atoms with Crippen LogP contribution < -0.4 is 5.32 Å². The number of carbonyl (C=O) groups is 1. The Morgan fingerprint density at radius 2 is 1.82 bits per heavy atom. The minimum atomic E-state index is -3.36. The summed E-state index contributed by atoms with van der Waals surface area (Å²) in [4.78, 5) is 17.6. The molecule has 2 saturated heterocycles. The van der Waals surface area contributed by atoms with Gasteiger partial charge in [-0.05, 0) is 67.5 Å². The summed E-state index contributed by atoms with van der Waals surface area (Å²) < 4.78 is 34.2. The Morgan fingerprint density at radius 1 is 1.00 bits per heavy atom. The van der Waals surface area contributed by atoms with Crippen LogP contribution in [0.15, 0.2) is 36.4 Å². The number of rotatable bonds is 7. The van der Waals surface area contributed by atoms with Gasteiger partial charge in [0.05, 0.1) is 36.2 Å². The zero-order valence-electron chi connectivity index (χ0n) is 28.2. The summed E-state index contributed by atoms with van der Waals surface area (Å²) in [5.41, 5.74) is 7.59. The Hall–Kier alpha value is -3.24. The van der Waals surface area contributed by atoms with Crippen LogP contribution in [0.5, 0.6) is 0 Å². The number of piperidine rings is 1. The van der Waals surface area contributed by atoms with E-state index in [9.17, 15) is 13.2 Å². The number of carbonyl (C=O) groups excluding carboxylic acids is 1. The van der Waals surface area contributed by atoms with Gasteiger partial charge in [-0.25, -0.2) is 8.42 Å². The third-order valence-electron chi connectivity index (χ3n) is 10.2. The second kappa shape index (κ2) is 14.9. The molecule has 4 aliphatic heterocycles. The van der Waals surface area contributed by atoms with E-state index in [1.54, 1.807) is 0 Å². The largest absolute Gasteiger partial charge is 0.379 e. The Kier molecular flexibility index (Phi) is 10.4. The third-order valence-corrected chi connectivity index (χ3v) is 11.8. The SMILES string of the molecule is CS(=O)(=O)N1CCc2c(c(-c3ccc(Cl)c(C#Cc4ccc5c(c4)CC(C(=O)N4CCCCC4)NC5)c3)nn2CCCN2CCOCC2)C1. The van der Waals surface area contributed by atoms with Crippen LogP contribution in [0.1, 0.15) is 59.2 Å². The van der Waals surface area contributed by atoms with Crippen LogP contribution in [0, 0.1) is 11.8 Å². The second-order valence-corrected chi connectivity index (χ2v) is 16.0. The van der Waals surface area contributed by atoms with Gasteiger partial charge in [-0.1, -0.05) is 35.6 Å². The molecule has 12 heteroatoms. The zero-order valence-corrected chi connectivity index (χ0v) is 29.8. The zero-order chi connectivity index (χ0) is 34.0. The second-order valence-electron chi connectivity index (χ2n) is 13.6. The molecule has 0 aliphatic carbocycles. The van der Waals surface area contributed by atoms with E-state index in [-0.39, 0.29) is 11.9 Å². The van der Waals surface area contributed by atoms with Gasteiger partial charge in [0.15, 0.2) is 0 Å². The Morgan fingerprint density at radius 3 is 2.61 bits per heavy atom. The molecular weight excluding hydrogens is 660 g/mol. The van der Waals surface area contributed by atoms with E-state index in [1.807, 2.05) is 29.2 Å². The first-order valence-electron chi connectivity index (χ1n) is 17.5. The highest BCUT2D eigenvalue weighted by molar-refractivity contribution is 7.88. The maximum atomic E-state index is 13.2. The number of morpholine rings is 1. The van der Waals surface area contributed by atoms with Gasteiger partial charge in [0.25, 0.3) is 0 Å². The quantitative estimate of drug-likeness (QED) is 0.375. The van der Waals surface area contributed by atoms with Crippen LogP contribution in [0.2, 0.25) is 5.02 Å². The van der Waals surface area contributed by atoms with E-state index >= 15 is 0 Å². The summed E-state index contributed by atoms with van der Waals surface area (Å²) in [7, 11) is -3.36. The molecule has 1 atom stereocenters. The highest BCUT2D eigenvalue weighted by Gasteiger charge is 2.31. The molecule has 1 N–H and O–H groups in total. The van der Waals surface area contributed by atoms with Crippen molar-refractivity contribution in [3.05, 3.63) is 74.9 Å². The molecule has 1 amide bonds. The van der Waals surface area contributed by atoms with Gasteiger partial charge in [-0.15, -0.1) is 0 Å². The number of nitrogens with zero attached hydrogens (tertiary/aromatic N) is 5. The monoisotopic (exact) mass is 704 g/mol. The van der Waals surface area contributed by atoms with Crippen molar-refractivity contribution >= 4 is 27.5 Å². The van der Waals surface area contributed by atoms with E-state index in [2.05, 4.69) is 38.9 Å². The number of amides is 1. The van der Waals surface area contributed by atoms with E-state index < -0.39 is 10.0 Å². The highest BCUT2D eigenvalue weighted by Crippen LogP contribution is 2.33. The molecule has 2 aromatic carbocycles. The molecule has 0 radical (unpaired) electrons. The van der Waals surface area contributed by atoms with Gasteiger partial charge in [-0.2, -0.15) is 9.40 Å². The number of likely N-dealkylation sites (tertiary alicyclic amines) is 1. The maximum Gasteiger partial charge on any atom is 0.240 e. The van der Waals surface area contributed by atoms with Crippen LogP contribution in [0.25, 0.3) is 11.3 Å². The van der Waals surface area contributed by atoms with Gasteiger partial charge in [0.2, 0.25) is 15.9 Å². The van der Waals surface area contributed by atoms with Gasteiger partial charge in [0.1, 0.15) is 0 Å². The summed E-state index contributed by atoms with van der Waals surface area (Å²) in [6.07, 6.45) is 6.85. The molecule has 0 saturated carbocycles. The standard InChI is InChI=1S/C37H45ClN6O4S/c1-49(46,47)43-17-12-35-32(26-43)36(40-44(35)16-5-13-41-18-20-48-21-19-41)29-10-11-33(38)28(23-29)8-6-27-7-9-30-25-39-34(24-31(30)22-27)37(45)42-14-3-2-4-15-42/h7,9-11,22-23,34,39H,2-5,12-21,24-26H2,1H3. The summed E-state index contributed by atoms with van der Waals surface area (Å²) in [6.45, 7) is 8.28. The lowest BCUT2D eigenvalue weighted by Gasteiger charge is -2.33. The van der Waals surface area contributed by atoms with Crippen molar-refractivity contribution in [3.63, 3.8) is 0 Å². The molecule has 10 nitrogen and oxygen atoms in total. The maximum absolute atomic E-state index is 13.2. The first-order valence-corrected chi connectivity index (χ1v) is 19.8. The molecule has 0 spiro atoms. The first kappa shape index (κ1) is 34.2. The molecular formula is C37H45ClN6O4S. The molecule has 49 heavy (non-hydrogen) atoms. The topological polar surface area (TPSA) is 100 Å². The lowest BCUT2D eigenvalue weighted by molar-refractivity contribution is -0.134. The van der Waals surface area contributed by atoms with Crippen molar-refractivity contribution in [2.75, 3.05) is 58.7 Å². The Bertz CT molecular complexity index is 1870. The normalized spacial score (nSPS) is 20.3. The summed E-state index contributed by atoms with van der Waals surface area (Å²) in [5, 5.41) is 9.06. The number of aryl methyl sites for hydroxylation is 1. The smallest absolute Gasteiger partial charge is 0.240 e. The summed E-state index contributed by atoms with van der Waals surface area (Å²) >= 11 is 6.69. The van der Waals surface area contributed by atoms with Gasteiger partial charge >= 0.3 is 0 Å². The van der Waals surface area contributed by atoms with Gasteiger partial charge < -0.3 is 15.0 Å². The van der Waals surface area contributed by atoms with E-state index in [4.69, 9.17) is 21.4 Å². The van der Waals surface area contributed by atoms with Gasteiger partial charge in [0, 0.05) is 93.3 Å². The average Bonchev–Trinajstić information content (AvgIpc) is 3.49. The fourth-order valence-electron chi connectivity index (χ4n) is 7.44. The fourth-order valence-corrected chi connectivity index (χ4v) is 8.39. The molecule has 4 aliphatic rings. The molecule has 7 rings (SSSR count). The number of ether oxygens (including phenoxy) is 1. The number of fused-ring (bicyclic) bond motifs is 2. The van der Waals surface area contributed by atoms with E-state index in [1.165, 1.54) is 22.5 Å². The van der Waals surface area contributed by atoms with Crippen molar-refractivity contribution in [3.8, 4) is 23.1 Å². The third kappa shape index (κ3) is 7.90. The minimum Gasteiger partial charge on any atom is -0.379 e. The molecule has 1 unspecified atom stereocenters. The van der Waals surface area contributed by atoms with Crippen LogP contribution >= 0.6 is 11.6 Å². The number of benzene rings is 2. The van der Waals surface area contributed by atoms with Gasteiger partial charge in [-0.3, -0.25) is 14.4 Å². The van der Waals surface area contributed by atoms with Crippen LogP contribution in [0.4, 0.5) is 0 Å². The van der Waals surface area contributed by atoms with Crippen molar-refractivity contribution in [2.45, 2.75) is 64.2 Å². The number of hydrogen-bond donors (Lipinski definition) is 1. The van der Waals surface area contributed by atoms with Crippen LogP contribution in [-0.4, -0.2) is 103 Å². The molecule has 0 bridgehead atoms. The Balaban J connectivity index is 1.12. The number of hydrogen-bond acceptors (Lipinski definition) is 7. The number of sulfonamides is 1. The molecule has 1 aromatic heterocycles. The average molecular weight is 705 g/mol.